The van der Waals surface area contributed by atoms with Gasteiger partial charge in [-0.05, 0) is 38.6 Å². The molecule has 0 aromatic heterocycles. The van der Waals surface area contributed by atoms with E-state index < -0.39 is 17.7 Å². The van der Waals surface area contributed by atoms with E-state index in [2.05, 4.69) is 18.7 Å². The van der Waals surface area contributed by atoms with Gasteiger partial charge in [0.25, 0.3) is 0 Å². The van der Waals surface area contributed by atoms with Gasteiger partial charge in [-0.3, -0.25) is 4.90 Å². The summed E-state index contributed by atoms with van der Waals surface area (Å²) < 4.78 is 26.6. The Morgan fingerprint density at radius 1 is 1.29 bits per heavy atom. The second kappa shape index (κ2) is 6.07. The summed E-state index contributed by atoms with van der Waals surface area (Å²) in [6.45, 7) is 7.49. The van der Waals surface area contributed by atoms with Crippen LogP contribution in [-0.2, 0) is 0 Å². The van der Waals surface area contributed by atoms with E-state index in [1.807, 2.05) is 6.92 Å². The third kappa shape index (κ3) is 3.75. The fourth-order valence-electron chi connectivity index (χ4n) is 1.85. The Morgan fingerprint density at radius 3 is 2.47 bits per heavy atom. The molecule has 0 saturated heterocycles. The quantitative estimate of drug-likeness (QED) is 0.860. The van der Waals surface area contributed by atoms with Crippen LogP contribution in [0.15, 0.2) is 18.2 Å². The minimum absolute atomic E-state index is 0.240. The van der Waals surface area contributed by atoms with Crippen molar-refractivity contribution in [3.05, 3.63) is 35.4 Å². The Balaban J connectivity index is 2.81. The summed E-state index contributed by atoms with van der Waals surface area (Å²) in [6, 6.07) is 3.23. The normalized spacial score (nSPS) is 13.4. The molecule has 1 rings (SSSR count). The average Bonchev–Trinajstić information content (AvgIpc) is 2.28. The number of benzene rings is 1. The molecule has 0 aliphatic rings. The Labute approximate surface area is 101 Å². The number of rotatable bonds is 5. The molecule has 1 unspecified atom stereocenters. The van der Waals surface area contributed by atoms with Crippen LogP contribution in [0.25, 0.3) is 0 Å². The summed E-state index contributed by atoms with van der Waals surface area (Å²) in [4.78, 5) is 2.12. The maximum Gasteiger partial charge on any atom is 0.128 e. The van der Waals surface area contributed by atoms with Gasteiger partial charge in [0.1, 0.15) is 11.6 Å². The molecule has 0 saturated carbocycles. The molecular weight excluding hydrogens is 222 g/mol. The zero-order valence-electron chi connectivity index (χ0n) is 10.6. The molecular formula is C13H20F2N2. The van der Waals surface area contributed by atoms with Gasteiger partial charge in [0.15, 0.2) is 0 Å². The molecule has 0 amide bonds. The van der Waals surface area contributed by atoms with Gasteiger partial charge < -0.3 is 5.73 Å². The van der Waals surface area contributed by atoms with Gasteiger partial charge in [0, 0.05) is 24.2 Å². The first-order chi connectivity index (χ1) is 7.95. The van der Waals surface area contributed by atoms with E-state index in [0.29, 0.717) is 12.6 Å². The van der Waals surface area contributed by atoms with E-state index in [9.17, 15) is 8.78 Å². The fourth-order valence-corrected chi connectivity index (χ4v) is 1.85. The molecule has 0 aliphatic carbocycles. The Morgan fingerprint density at radius 2 is 1.94 bits per heavy atom. The number of likely N-dealkylation sites (N-methyl/N-ethyl adjacent to an activating group) is 1. The van der Waals surface area contributed by atoms with Gasteiger partial charge in [0.05, 0.1) is 0 Å². The molecule has 2 N–H and O–H groups in total. The summed E-state index contributed by atoms with van der Waals surface area (Å²) >= 11 is 0. The van der Waals surface area contributed by atoms with Crippen LogP contribution in [0.1, 0.15) is 32.4 Å². The first kappa shape index (κ1) is 14.1. The highest BCUT2D eigenvalue weighted by Crippen LogP contribution is 2.18. The maximum absolute atomic E-state index is 13.5. The highest BCUT2D eigenvalue weighted by Gasteiger charge is 2.17. The molecule has 0 spiro atoms. The van der Waals surface area contributed by atoms with Gasteiger partial charge in [0.2, 0.25) is 0 Å². The van der Waals surface area contributed by atoms with Crippen LogP contribution in [0.2, 0.25) is 0 Å². The van der Waals surface area contributed by atoms with E-state index in [1.165, 1.54) is 6.07 Å². The maximum atomic E-state index is 13.5. The second-order valence-electron chi connectivity index (χ2n) is 4.45. The van der Waals surface area contributed by atoms with Gasteiger partial charge >= 0.3 is 0 Å². The molecule has 0 aliphatic heterocycles. The fraction of sp³-hybridized carbons (Fsp3) is 0.538. The summed E-state index contributed by atoms with van der Waals surface area (Å²) in [7, 11) is 0. The lowest BCUT2D eigenvalue weighted by Crippen LogP contribution is -2.37. The lowest BCUT2D eigenvalue weighted by Gasteiger charge is -2.28. The molecule has 1 aromatic carbocycles. The topological polar surface area (TPSA) is 29.3 Å². The molecule has 0 radical (unpaired) electrons. The number of nitrogens with two attached hydrogens (primary N) is 1. The van der Waals surface area contributed by atoms with Crippen molar-refractivity contribution in [2.24, 2.45) is 5.73 Å². The molecule has 1 atom stereocenters. The largest absolute Gasteiger partial charge is 0.323 e. The van der Waals surface area contributed by atoms with Crippen molar-refractivity contribution in [3.8, 4) is 0 Å². The number of hydrogen-bond acceptors (Lipinski definition) is 2. The van der Waals surface area contributed by atoms with E-state index in [4.69, 9.17) is 5.73 Å². The third-order valence-corrected chi connectivity index (χ3v) is 2.93. The van der Waals surface area contributed by atoms with Crippen LogP contribution in [0, 0.1) is 11.6 Å². The van der Waals surface area contributed by atoms with Crippen LogP contribution in [0.3, 0.4) is 0 Å². The van der Waals surface area contributed by atoms with Crippen LogP contribution in [0.5, 0.6) is 0 Å². The van der Waals surface area contributed by atoms with Crippen molar-refractivity contribution >= 4 is 0 Å². The third-order valence-electron chi connectivity index (χ3n) is 2.93. The first-order valence-corrected chi connectivity index (χ1v) is 5.90. The minimum atomic E-state index is -0.506. The Bertz CT molecular complexity index is 366. The summed E-state index contributed by atoms with van der Waals surface area (Å²) in [6.07, 6.45) is 0. The smallest absolute Gasteiger partial charge is 0.128 e. The number of halogens is 2. The molecule has 0 heterocycles. The predicted octanol–water partition coefficient (Wildman–Crippen LogP) is 2.69. The second-order valence-corrected chi connectivity index (χ2v) is 4.45. The van der Waals surface area contributed by atoms with E-state index in [0.717, 1.165) is 18.7 Å². The van der Waals surface area contributed by atoms with Crippen molar-refractivity contribution in [2.45, 2.75) is 32.9 Å². The molecule has 96 valence electrons. The van der Waals surface area contributed by atoms with Crippen molar-refractivity contribution < 1.29 is 8.78 Å². The highest BCUT2D eigenvalue weighted by atomic mass is 19.1. The molecule has 17 heavy (non-hydrogen) atoms. The van der Waals surface area contributed by atoms with Crippen LogP contribution >= 0.6 is 0 Å². The Kier molecular flexibility index (Phi) is 5.02. The summed E-state index contributed by atoms with van der Waals surface area (Å²) in [5, 5.41) is 0. The van der Waals surface area contributed by atoms with E-state index in [1.54, 1.807) is 0 Å². The van der Waals surface area contributed by atoms with E-state index in [-0.39, 0.29) is 5.56 Å². The van der Waals surface area contributed by atoms with Crippen LogP contribution < -0.4 is 5.73 Å². The standard InChI is InChI=1S/C13H20F2N2/c1-4-17(9(2)3)8-13(16)11-7-10(14)5-6-12(11)15/h5-7,9,13H,4,8,16H2,1-3H3. The lowest BCUT2D eigenvalue weighted by atomic mass is 10.1. The van der Waals surface area contributed by atoms with Crippen molar-refractivity contribution in [2.75, 3.05) is 13.1 Å². The molecule has 0 bridgehead atoms. The summed E-state index contributed by atoms with van der Waals surface area (Å²) in [5.74, 6) is -0.900. The lowest BCUT2D eigenvalue weighted by molar-refractivity contribution is 0.218. The molecule has 4 heteroatoms. The van der Waals surface area contributed by atoms with E-state index >= 15 is 0 Å². The monoisotopic (exact) mass is 242 g/mol. The number of nitrogens with zero attached hydrogens (tertiary/aromatic N) is 1. The zero-order chi connectivity index (χ0) is 13.0. The number of hydrogen-bond donors (Lipinski definition) is 1. The molecule has 1 aromatic rings. The van der Waals surface area contributed by atoms with Gasteiger partial charge in [-0.25, -0.2) is 8.78 Å². The van der Waals surface area contributed by atoms with Crippen LogP contribution in [0.4, 0.5) is 8.78 Å². The summed E-state index contributed by atoms with van der Waals surface area (Å²) in [5.41, 5.74) is 6.17. The minimum Gasteiger partial charge on any atom is -0.323 e. The van der Waals surface area contributed by atoms with Crippen molar-refractivity contribution in [1.82, 2.24) is 4.90 Å². The van der Waals surface area contributed by atoms with Gasteiger partial charge in [-0.1, -0.05) is 6.92 Å². The van der Waals surface area contributed by atoms with Crippen molar-refractivity contribution in [1.29, 1.82) is 0 Å². The predicted molar refractivity (Wildman–Crippen MR) is 65.7 cm³/mol. The highest BCUT2D eigenvalue weighted by molar-refractivity contribution is 5.22. The average molecular weight is 242 g/mol. The molecule has 0 fully saturated rings. The first-order valence-electron chi connectivity index (χ1n) is 5.90. The zero-order valence-corrected chi connectivity index (χ0v) is 10.6. The van der Waals surface area contributed by atoms with Crippen LogP contribution in [-0.4, -0.2) is 24.0 Å². The molecule has 2 nitrogen and oxygen atoms in total. The Hall–Kier alpha value is -1.00. The SMILES string of the molecule is CCN(CC(N)c1cc(F)ccc1F)C(C)C. The van der Waals surface area contributed by atoms with Crippen molar-refractivity contribution in [3.63, 3.8) is 0 Å². The van der Waals surface area contributed by atoms with Gasteiger partial charge in [-0.2, -0.15) is 0 Å². The van der Waals surface area contributed by atoms with Gasteiger partial charge in [-0.15, -0.1) is 0 Å².